The van der Waals surface area contributed by atoms with Gasteiger partial charge in [-0.3, -0.25) is 19.8 Å². The summed E-state index contributed by atoms with van der Waals surface area (Å²) in [5.41, 5.74) is 0. The SMILES string of the molecule is CN1CCN(C2CCC(=O)NC2=O)CC1. The Morgan fingerprint density at radius 1 is 1.20 bits per heavy atom. The van der Waals surface area contributed by atoms with Crippen LogP contribution in [-0.4, -0.2) is 60.9 Å². The highest BCUT2D eigenvalue weighted by Crippen LogP contribution is 2.14. The molecule has 0 bridgehead atoms. The summed E-state index contributed by atoms with van der Waals surface area (Å²) in [6.45, 7) is 3.83. The Kier molecular flexibility index (Phi) is 3.02. The quantitative estimate of drug-likeness (QED) is 0.568. The van der Waals surface area contributed by atoms with Gasteiger partial charge in [-0.2, -0.15) is 0 Å². The molecule has 2 rings (SSSR count). The third kappa shape index (κ3) is 2.35. The lowest BCUT2D eigenvalue weighted by molar-refractivity contribution is -0.138. The number of piperidine rings is 1. The molecule has 0 aromatic carbocycles. The molecule has 1 N–H and O–H groups in total. The predicted molar refractivity (Wildman–Crippen MR) is 55.2 cm³/mol. The fraction of sp³-hybridized carbons (Fsp3) is 0.800. The Bertz CT molecular complexity index is 272. The molecule has 2 heterocycles. The molecule has 5 nitrogen and oxygen atoms in total. The van der Waals surface area contributed by atoms with Gasteiger partial charge in [0.1, 0.15) is 0 Å². The van der Waals surface area contributed by atoms with Crippen LogP contribution in [0.5, 0.6) is 0 Å². The Balaban J connectivity index is 1.93. The average molecular weight is 211 g/mol. The molecule has 0 aromatic heterocycles. The van der Waals surface area contributed by atoms with Gasteiger partial charge in [-0.15, -0.1) is 0 Å². The van der Waals surface area contributed by atoms with Gasteiger partial charge >= 0.3 is 0 Å². The minimum absolute atomic E-state index is 0.0867. The summed E-state index contributed by atoms with van der Waals surface area (Å²) in [6.07, 6.45) is 1.15. The number of rotatable bonds is 1. The summed E-state index contributed by atoms with van der Waals surface area (Å²) in [5, 5.41) is 2.40. The van der Waals surface area contributed by atoms with Crippen LogP contribution in [0.4, 0.5) is 0 Å². The zero-order valence-corrected chi connectivity index (χ0v) is 9.03. The number of nitrogens with one attached hydrogen (secondary N) is 1. The first-order valence-electron chi connectivity index (χ1n) is 5.43. The van der Waals surface area contributed by atoms with Crippen molar-refractivity contribution in [3.63, 3.8) is 0 Å². The Morgan fingerprint density at radius 3 is 2.47 bits per heavy atom. The molecule has 0 spiro atoms. The fourth-order valence-corrected chi connectivity index (χ4v) is 2.16. The zero-order valence-electron chi connectivity index (χ0n) is 9.03. The van der Waals surface area contributed by atoms with Crippen molar-refractivity contribution in [2.24, 2.45) is 0 Å². The maximum Gasteiger partial charge on any atom is 0.243 e. The number of nitrogens with zero attached hydrogens (tertiary/aromatic N) is 2. The molecule has 2 amide bonds. The van der Waals surface area contributed by atoms with Gasteiger partial charge in [0.15, 0.2) is 0 Å². The van der Waals surface area contributed by atoms with Crippen LogP contribution in [0.1, 0.15) is 12.8 Å². The summed E-state index contributed by atoms with van der Waals surface area (Å²) in [5.74, 6) is -0.249. The van der Waals surface area contributed by atoms with Crippen molar-refractivity contribution in [1.29, 1.82) is 0 Å². The van der Waals surface area contributed by atoms with Gasteiger partial charge in [0.25, 0.3) is 0 Å². The third-order valence-corrected chi connectivity index (χ3v) is 3.19. The number of carbonyl (C=O) groups excluding carboxylic acids is 2. The second-order valence-electron chi connectivity index (χ2n) is 4.31. The number of carbonyl (C=O) groups is 2. The first kappa shape index (κ1) is 10.6. The van der Waals surface area contributed by atoms with Crippen LogP contribution in [0.3, 0.4) is 0 Å². The van der Waals surface area contributed by atoms with E-state index in [2.05, 4.69) is 22.2 Å². The molecule has 0 aromatic rings. The molecule has 0 radical (unpaired) electrons. The van der Waals surface area contributed by atoms with Crippen LogP contribution in [0.25, 0.3) is 0 Å². The smallest absolute Gasteiger partial charge is 0.243 e. The molecule has 1 atom stereocenters. The van der Waals surface area contributed by atoms with Crippen molar-refractivity contribution in [3.05, 3.63) is 0 Å². The number of piperazine rings is 1. The molecule has 2 saturated heterocycles. The second-order valence-corrected chi connectivity index (χ2v) is 4.31. The van der Waals surface area contributed by atoms with Crippen molar-refractivity contribution in [2.75, 3.05) is 33.2 Å². The minimum Gasteiger partial charge on any atom is -0.304 e. The molecule has 0 aliphatic carbocycles. The standard InChI is InChI=1S/C10H17N3O2/c1-12-4-6-13(7-5-12)8-2-3-9(14)11-10(8)15/h8H,2-7H2,1H3,(H,11,14,15). The number of amides is 2. The molecule has 2 aliphatic heterocycles. The maximum absolute atomic E-state index is 11.6. The van der Waals surface area contributed by atoms with Crippen LogP contribution >= 0.6 is 0 Å². The lowest BCUT2D eigenvalue weighted by atomic mass is 10.0. The summed E-state index contributed by atoms with van der Waals surface area (Å²) < 4.78 is 0. The van der Waals surface area contributed by atoms with Gasteiger partial charge < -0.3 is 4.90 Å². The van der Waals surface area contributed by atoms with Gasteiger partial charge in [0.05, 0.1) is 6.04 Å². The Hall–Kier alpha value is -0.940. The number of hydrogen-bond acceptors (Lipinski definition) is 4. The highest BCUT2D eigenvalue weighted by molar-refractivity contribution is 6.00. The number of likely N-dealkylation sites (N-methyl/N-ethyl adjacent to an activating group) is 1. The highest BCUT2D eigenvalue weighted by atomic mass is 16.2. The largest absolute Gasteiger partial charge is 0.304 e. The van der Waals surface area contributed by atoms with Gasteiger partial charge in [0.2, 0.25) is 11.8 Å². The van der Waals surface area contributed by atoms with Gasteiger partial charge in [-0.05, 0) is 13.5 Å². The zero-order chi connectivity index (χ0) is 10.8. The van der Waals surface area contributed by atoms with E-state index in [1.807, 2.05) is 0 Å². The molecule has 84 valence electrons. The predicted octanol–water partition coefficient (Wildman–Crippen LogP) is -0.961. The van der Waals surface area contributed by atoms with Crippen molar-refractivity contribution >= 4 is 11.8 Å². The van der Waals surface area contributed by atoms with E-state index < -0.39 is 0 Å². The van der Waals surface area contributed by atoms with E-state index in [0.29, 0.717) is 12.8 Å². The van der Waals surface area contributed by atoms with E-state index >= 15 is 0 Å². The highest BCUT2D eigenvalue weighted by Gasteiger charge is 2.32. The third-order valence-electron chi connectivity index (χ3n) is 3.19. The summed E-state index contributed by atoms with van der Waals surface area (Å²) in [6, 6.07) is -0.0867. The summed E-state index contributed by atoms with van der Waals surface area (Å²) in [7, 11) is 2.09. The number of hydrogen-bond donors (Lipinski definition) is 1. The van der Waals surface area contributed by atoms with Crippen molar-refractivity contribution in [1.82, 2.24) is 15.1 Å². The Labute approximate surface area is 89.4 Å². The van der Waals surface area contributed by atoms with Crippen LogP contribution < -0.4 is 5.32 Å². The van der Waals surface area contributed by atoms with Crippen molar-refractivity contribution in [3.8, 4) is 0 Å². The molecule has 2 fully saturated rings. The minimum atomic E-state index is -0.134. The summed E-state index contributed by atoms with van der Waals surface area (Å²) >= 11 is 0. The molecule has 2 aliphatic rings. The average Bonchev–Trinajstić information content (AvgIpc) is 2.20. The van der Waals surface area contributed by atoms with Crippen LogP contribution in [-0.2, 0) is 9.59 Å². The van der Waals surface area contributed by atoms with E-state index in [0.717, 1.165) is 26.2 Å². The van der Waals surface area contributed by atoms with Crippen LogP contribution in [0, 0.1) is 0 Å². The van der Waals surface area contributed by atoms with Gasteiger partial charge in [-0.25, -0.2) is 0 Å². The molecule has 15 heavy (non-hydrogen) atoms. The fourth-order valence-electron chi connectivity index (χ4n) is 2.16. The topological polar surface area (TPSA) is 52.6 Å². The molecule has 1 unspecified atom stereocenters. The monoisotopic (exact) mass is 211 g/mol. The molecule has 0 saturated carbocycles. The maximum atomic E-state index is 11.6. The summed E-state index contributed by atoms with van der Waals surface area (Å²) in [4.78, 5) is 27.0. The van der Waals surface area contributed by atoms with E-state index in [-0.39, 0.29) is 17.9 Å². The number of imide groups is 1. The van der Waals surface area contributed by atoms with Gasteiger partial charge in [-0.1, -0.05) is 0 Å². The van der Waals surface area contributed by atoms with Gasteiger partial charge in [0, 0.05) is 32.6 Å². The van der Waals surface area contributed by atoms with E-state index in [1.165, 1.54) is 0 Å². The lowest BCUT2D eigenvalue weighted by Crippen LogP contribution is -2.57. The van der Waals surface area contributed by atoms with E-state index in [1.54, 1.807) is 0 Å². The van der Waals surface area contributed by atoms with E-state index in [9.17, 15) is 9.59 Å². The Morgan fingerprint density at radius 2 is 1.87 bits per heavy atom. The van der Waals surface area contributed by atoms with Crippen molar-refractivity contribution < 1.29 is 9.59 Å². The normalized spacial score (nSPS) is 30.3. The van der Waals surface area contributed by atoms with E-state index in [4.69, 9.17) is 0 Å². The molecular weight excluding hydrogens is 194 g/mol. The van der Waals surface area contributed by atoms with Crippen LogP contribution in [0.2, 0.25) is 0 Å². The first-order chi connectivity index (χ1) is 7.16. The lowest BCUT2D eigenvalue weighted by Gasteiger charge is -2.38. The van der Waals surface area contributed by atoms with Crippen molar-refractivity contribution in [2.45, 2.75) is 18.9 Å². The first-order valence-corrected chi connectivity index (χ1v) is 5.43. The second kappa shape index (κ2) is 4.28. The van der Waals surface area contributed by atoms with Crippen LogP contribution in [0.15, 0.2) is 0 Å². The molecular formula is C10H17N3O2. The molecule has 5 heteroatoms.